The van der Waals surface area contributed by atoms with Crippen molar-refractivity contribution in [1.29, 1.82) is 0 Å². The van der Waals surface area contributed by atoms with Gasteiger partial charge in [0.1, 0.15) is 5.01 Å². The Morgan fingerprint density at radius 2 is 1.66 bits per heavy atom. The van der Waals surface area contributed by atoms with E-state index in [-0.39, 0.29) is 6.42 Å². The number of halogens is 1. The smallest absolute Gasteiger partial charge is 0.316 e. The van der Waals surface area contributed by atoms with E-state index in [4.69, 9.17) is 26.4 Å². The van der Waals surface area contributed by atoms with Gasteiger partial charge in [0.05, 0.1) is 34.5 Å². The number of hydrogen-bond acceptors (Lipinski definition) is 8. The molecule has 41 heavy (non-hydrogen) atoms. The Hall–Kier alpha value is -3.92. The van der Waals surface area contributed by atoms with Crippen molar-refractivity contribution >= 4 is 39.1 Å². The minimum Gasteiger partial charge on any atom is -0.481 e. The molecule has 0 aliphatic carbocycles. The topological polar surface area (TPSA) is 118 Å². The molecule has 0 saturated carbocycles. The summed E-state index contributed by atoms with van der Waals surface area (Å²) in [6.07, 6.45) is 5.02. The fourth-order valence-corrected chi connectivity index (χ4v) is 5.29. The number of carboxylic acids is 1. The summed E-state index contributed by atoms with van der Waals surface area (Å²) in [5.41, 5.74) is 6.13. The van der Waals surface area contributed by atoms with Gasteiger partial charge in [0, 0.05) is 40.3 Å². The summed E-state index contributed by atoms with van der Waals surface area (Å²) in [7, 11) is 0. The van der Waals surface area contributed by atoms with Gasteiger partial charge in [-0.2, -0.15) is 0 Å². The second kappa shape index (κ2) is 12.7. The molecule has 2 N–H and O–H groups in total. The van der Waals surface area contributed by atoms with E-state index in [0.29, 0.717) is 17.6 Å². The lowest BCUT2D eigenvalue weighted by Crippen LogP contribution is -2.10. The molecule has 0 saturated heterocycles. The fourth-order valence-electron chi connectivity index (χ4n) is 4.03. The van der Waals surface area contributed by atoms with Crippen LogP contribution < -0.4 is 4.74 Å². The molecule has 3 aromatic heterocycles. The Balaban J connectivity index is 0.000000714. The van der Waals surface area contributed by atoms with Gasteiger partial charge in [0.15, 0.2) is 0 Å². The van der Waals surface area contributed by atoms with Crippen molar-refractivity contribution in [2.24, 2.45) is 0 Å². The summed E-state index contributed by atoms with van der Waals surface area (Å²) < 4.78 is 6.25. The Bertz CT molecular complexity index is 1660. The van der Waals surface area contributed by atoms with Crippen LogP contribution in [0.5, 0.6) is 6.01 Å². The van der Waals surface area contributed by atoms with Crippen LogP contribution in [0, 0.1) is 6.92 Å². The summed E-state index contributed by atoms with van der Waals surface area (Å²) in [6, 6.07) is 13.6. The quantitative estimate of drug-likeness (QED) is 0.203. The number of aliphatic carboxylic acids is 1. The number of aryl methyl sites for hydroxylation is 1. The molecule has 10 heteroatoms. The van der Waals surface area contributed by atoms with Gasteiger partial charge in [-0.1, -0.05) is 23.7 Å². The zero-order valence-corrected chi connectivity index (χ0v) is 25.0. The van der Waals surface area contributed by atoms with Crippen molar-refractivity contribution in [3.05, 3.63) is 77.2 Å². The normalized spacial score (nSPS) is 11.2. The summed E-state index contributed by atoms with van der Waals surface area (Å²) in [6.45, 7) is 9.53. The Morgan fingerprint density at radius 1 is 1.00 bits per heavy atom. The lowest BCUT2D eigenvalue weighted by atomic mass is 9.93. The van der Waals surface area contributed by atoms with Crippen LogP contribution in [0.1, 0.15) is 38.8 Å². The van der Waals surface area contributed by atoms with Crippen molar-refractivity contribution in [2.45, 2.75) is 46.6 Å². The van der Waals surface area contributed by atoms with Gasteiger partial charge in [-0.3, -0.25) is 9.78 Å². The zero-order valence-electron chi connectivity index (χ0n) is 23.5. The average Bonchev–Trinajstić information content (AvgIpc) is 3.33. The van der Waals surface area contributed by atoms with Crippen LogP contribution in [0.4, 0.5) is 0 Å². The molecule has 0 spiro atoms. The largest absolute Gasteiger partial charge is 0.481 e. The number of aromatic nitrogens is 4. The number of carboxylic acid groups (broad SMARTS) is 1. The van der Waals surface area contributed by atoms with Crippen LogP contribution in [0.2, 0.25) is 5.02 Å². The molecule has 0 aliphatic heterocycles. The standard InChI is InChI=1S/C27H21ClN4O3S.C4H10O/c1-3-35-27-30-13-18(14-31-27)21-11-17(8-9-29-21)26-32-22-10-15(2)20(12-23(33)34)24(25(22)36-26)16-4-6-19(28)7-5-16;1-4(2,3)5/h4-11,13-14H,3,12H2,1-2H3,(H,33,34);5H,1-3H3. The second-order valence-electron chi connectivity index (χ2n) is 10.3. The molecule has 5 aromatic rings. The van der Waals surface area contributed by atoms with Crippen LogP contribution in [0.25, 0.3) is 43.2 Å². The third-order valence-corrected chi connectivity index (χ3v) is 7.07. The van der Waals surface area contributed by atoms with Crippen LogP contribution >= 0.6 is 22.9 Å². The van der Waals surface area contributed by atoms with Gasteiger partial charge >= 0.3 is 12.0 Å². The Kier molecular flexibility index (Phi) is 9.32. The number of pyridine rings is 1. The molecule has 212 valence electrons. The van der Waals surface area contributed by atoms with E-state index in [0.717, 1.165) is 54.3 Å². The molecule has 3 heterocycles. The van der Waals surface area contributed by atoms with Gasteiger partial charge in [-0.15, -0.1) is 11.3 Å². The van der Waals surface area contributed by atoms with Crippen LogP contribution in [0.3, 0.4) is 0 Å². The first-order chi connectivity index (χ1) is 19.4. The van der Waals surface area contributed by atoms with E-state index in [2.05, 4.69) is 15.0 Å². The van der Waals surface area contributed by atoms with E-state index in [1.807, 2.05) is 56.3 Å². The monoisotopic (exact) mass is 590 g/mol. The van der Waals surface area contributed by atoms with E-state index in [9.17, 15) is 9.90 Å². The zero-order chi connectivity index (χ0) is 29.7. The number of carbonyl (C=O) groups is 1. The molecular formula is C31H31ClN4O4S. The third-order valence-electron chi connectivity index (χ3n) is 5.68. The highest BCUT2D eigenvalue weighted by Crippen LogP contribution is 2.41. The molecule has 0 unspecified atom stereocenters. The molecule has 8 nitrogen and oxygen atoms in total. The van der Waals surface area contributed by atoms with Crippen molar-refractivity contribution in [3.63, 3.8) is 0 Å². The Labute approximate surface area is 247 Å². The first-order valence-corrected chi connectivity index (χ1v) is 14.2. The van der Waals surface area contributed by atoms with Crippen molar-refractivity contribution in [3.8, 4) is 39.0 Å². The van der Waals surface area contributed by atoms with Crippen molar-refractivity contribution < 1.29 is 19.7 Å². The second-order valence-corrected chi connectivity index (χ2v) is 11.7. The maximum absolute atomic E-state index is 11.7. The minimum atomic E-state index is -0.881. The lowest BCUT2D eigenvalue weighted by molar-refractivity contribution is -0.136. The Morgan fingerprint density at radius 3 is 2.27 bits per heavy atom. The number of fused-ring (bicyclic) bond motifs is 1. The third kappa shape index (κ3) is 7.85. The number of ether oxygens (including phenoxy) is 1. The lowest BCUT2D eigenvalue weighted by Gasteiger charge is -2.13. The highest BCUT2D eigenvalue weighted by atomic mass is 35.5. The molecule has 0 amide bonds. The predicted molar refractivity (Wildman–Crippen MR) is 164 cm³/mol. The SMILES string of the molecule is CC(C)(C)O.CCOc1ncc(-c2cc(-c3nc4cc(C)c(CC(=O)O)c(-c5ccc(Cl)cc5)c4s3)ccn2)cn1. The van der Waals surface area contributed by atoms with E-state index in [1.54, 1.807) is 39.4 Å². The highest BCUT2D eigenvalue weighted by molar-refractivity contribution is 7.22. The maximum Gasteiger partial charge on any atom is 0.316 e. The molecule has 0 aliphatic rings. The summed E-state index contributed by atoms with van der Waals surface area (Å²) in [4.78, 5) is 29.5. The van der Waals surface area contributed by atoms with Crippen molar-refractivity contribution in [2.75, 3.05) is 6.61 Å². The minimum absolute atomic E-state index is 0.0793. The van der Waals surface area contributed by atoms with Crippen LogP contribution in [0.15, 0.2) is 61.1 Å². The molecule has 2 aromatic carbocycles. The van der Waals surface area contributed by atoms with Crippen LogP contribution in [-0.2, 0) is 11.2 Å². The van der Waals surface area contributed by atoms with E-state index in [1.165, 1.54) is 11.3 Å². The molecule has 0 fully saturated rings. The molecule has 0 radical (unpaired) electrons. The van der Waals surface area contributed by atoms with Gasteiger partial charge in [-0.05, 0) is 81.6 Å². The maximum atomic E-state index is 11.7. The average molecular weight is 591 g/mol. The van der Waals surface area contributed by atoms with Gasteiger partial charge in [0.2, 0.25) is 0 Å². The van der Waals surface area contributed by atoms with E-state index < -0.39 is 11.6 Å². The fraction of sp³-hybridized carbons (Fsp3) is 0.258. The number of nitrogens with zero attached hydrogens (tertiary/aromatic N) is 4. The summed E-state index contributed by atoms with van der Waals surface area (Å²) >= 11 is 7.64. The highest BCUT2D eigenvalue weighted by Gasteiger charge is 2.20. The van der Waals surface area contributed by atoms with E-state index >= 15 is 0 Å². The summed E-state index contributed by atoms with van der Waals surface area (Å²) in [5.74, 6) is -0.881. The summed E-state index contributed by atoms with van der Waals surface area (Å²) in [5, 5.41) is 19.5. The van der Waals surface area contributed by atoms with Gasteiger partial charge < -0.3 is 14.9 Å². The number of thiazole rings is 1. The first kappa shape index (κ1) is 30.0. The molecule has 0 atom stereocenters. The van der Waals surface area contributed by atoms with Crippen LogP contribution in [-0.4, -0.2) is 48.3 Å². The molecule has 0 bridgehead atoms. The first-order valence-electron chi connectivity index (χ1n) is 13.0. The molecular weight excluding hydrogens is 560 g/mol. The molecule has 5 rings (SSSR count). The van der Waals surface area contributed by atoms with Gasteiger partial charge in [0.25, 0.3) is 0 Å². The van der Waals surface area contributed by atoms with Crippen molar-refractivity contribution in [1.82, 2.24) is 19.9 Å². The number of benzene rings is 2. The number of rotatable bonds is 7. The van der Waals surface area contributed by atoms with Gasteiger partial charge in [-0.25, -0.2) is 15.0 Å². The number of hydrogen-bond donors (Lipinski definition) is 2. The number of aliphatic hydroxyl groups is 1. The predicted octanol–water partition coefficient (Wildman–Crippen LogP) is 7.25.